The molecule has 6 nitrogen and oxygen atoms in total. The Kier molecular flexibility index (Phi) is 3.22. The van der Waals surface area contributed by atoms with Crippen LogP contribution in [0.4, 0.5) is 6.01 Å². The van der Waals surface area contributed by atoms with Crippen LogP contribution in [0.15, 0.2) is 4.42 Å². The number of aromatic nitrogens is 2. The number of ether oxygens (including phenoxy) is 1. The summed E-state index contributed by atoms with van der Waals surface area (Å²) in [5, 5.41) is 14.5. The highest BCUT2D eigenvalue weighted by Crippen LogP contribution is 2.39. The summed E-state index contributed by atoms with van der Waals surface area (Å²) in [7, 11) is 1.87. The van der Waals surface area contributed by atoms with Gasteiger partial charge in [-0.3, -0.25) is 0 Å². The summed E-state index contributed by atoms with van der Waals surface area (Å²) in [4.78, 5) is 0. The van der Waals surface area contributed by atoms with E-state index in [4.69, 9.17) is 9.15 Å². The van der Waals surface area contributed by atoms with Crippen molar-refractivity contribution >= 4 is 6.01 Å². The summed E-state index contributed by atoms with van der Waals surface area (Å²) in [5.74, 6) is 1.34. The van der Waals surface area contributed by atoms with Crippen LogP contribution in [-0.2, 0) is 4.74 Å². The Morgan fingerprint density at radius 2 is 2.11 bits per heavy atom. The van der Waals surface area contributed by atoms with Gasteiger partial charge >= 0.3 is 6.01 Å². The van der Waals surface area contributed by atoms with Gasteiger partial charge in [0.25, 0.3) is 0 Å². The second-order valence-corrected chi connectivity index (χ2v) is 5.17. The van der Waals surface area contributed by atoms with Crippen molar-refractivity contribution in [2.24, 2.45) is 5.92 Å². The van der Waals surface area contributed by atoms with E-state index in [1.807, 2.05) is 14.0 Å². The number of anilines is 1. The highest BCUT2D eigenvalue weighted by atomic mass is 16.5. The third-order valence-corrected chi connectivity index (χ3v) is 3.78. The van der Waals surface area contributed by atoms with Gasteiger partial charge in [0, 0.05) is 6.61 Å². The maximum Gasteiger partial charge on any atom is 0.315 e. The molecule has 3 unspecified atom stereocenters. The molecule has 0 radical (unpaired) electrons. The van der Waals surface area contributed by atoms with E-state index in [0.29, 0.717) is 24.1 Å². The van der Waals surface area contributed by atoms with Gasteiger partial charge in [0.1, 0.15) is 0 Å². The van der Waals surface area contributed by atoms with Gasteiger partial charge in [0.2, 0.25) is 5.89 Å². The van der Waals surface area contributed by atoms with Crippen molar-refractivity contribution in [3.05, 3.63) is 5.89 Å². The van der Waals surface area contributed by atoms with Crippen LogP contribution in [-0.4, -0.2) is 36.0 Å². The van der Waals surface area contributed by atoms with Crippen LogP contribution in [0.25, 0.3) is 0 Å². The van der Waals surface area contributed by atoms with Gasteiger partial charge in [-0.25, -0.2) is 0 Å². The molecule has 1 aliphatic carbocycles. The van der Waals surface area contributed by atoms with E-state index in [-0.39, 0.29) is 6.04 Å². The van der Waals surface area contributed by atoms with Gasteiger partial charge in [-0.05, 0) is 39.2 Å². The van der Waals surface area contributed by atoms with E-state index in [1.54, 1.807) is 0 Å². The number of hydrogen-bond donors (Lipinski definition) is 2. The van der Waals surface area contributed by atoms with Crippen LogP contribution < -0.4 is 10.6 Å². The smallest absolute Gasteiger partial charge is 0.315 e. The molecular formula is C12H20N4O2. The SMILES string of the molecule is CNC(C)c1nnc(NC2CCOC2C2CC2)o1. The number of nitrogens with one attached hydrogen (secondary N) is 2. The fraction of sp³-hybridized carbons (Fsp3) is 0.833. The molecule has 1 aliphatic heterocycles. The predicted octanol–water partition coefficient (Wildman–Crippen LogP) is 1.33. The molecule has 1 aromatic rings. The van der Waals surface area contributed by atoms with E-state index in [9.17, 15) is 0 Å². The van der Waals surface area contributed by atoms with Crippen LogP contribution in [0, 0.1) is 5.92 Å². The number of rotatable bonds is 5. The third kappa shape index (κ3) is 2.35. The molecular weight excluding hydrogens is 232 g/mol. The summed E-state index contributed by atoms with van der Waals surface area (Å²) in [6, 6.07) is 0.899. The summed E-state index contributed by atoms with van der Waals surface area (Å²) < 4.78 is 11.4. The first kappa shape index (κ1) is 11.9. The number of nitrogens with zero attached hydrogens (tertiary/aromatic N) is 2. The lowest BCUT2D eigenvalue weighted by atomic mass is 10.1. The van der Waals surface area contributed by atoms with Crippen molar-refractivity contribution in [1.29, 1.82) is 0 Å². The normalized spacial score (nSPS) is 29.4. The monoisotopic (exact) mass is 252 g/mol. The Morgan fingerprint density at radius 1 is 1.28 bits per heavy atom. The molecule has 1 aromatic heterocycles. The third-order valence-electron chi connectivity index (χ3n) is 3.78. The van der Waals surface area contributed by atoms with E-state index < -0.39 is 0 Å². The molecule has 2 aliphatic rings. The average molecular weight is 252 g/mol. The van der Waals surface area contributed by atoms with Crippen molar-refractivity contribution in [3.8, 4) is 0 Å². The maximum absolute atomic E-state index is 5.77. The zero-order valence-electron chi connectivity index (χ0n) is 10.8. The largest absolute Gasteiger partial charge is 0.406 e. The highest BCUT2D eigenvalue weighted by Gasteiger charge is 2.41. The Labute approximate surface area is 106 Å². The molecule has 2 heterocycles. The lowest BCUT2D eigenvalue weighted by Gasteiger charge is -2.17. The molecule has 3 rings (SSSR count). The van der Waals surface area contributed by atoms with Crippen molar-refractivity contribution < 1.29 is 9.15 Å². The molecule has 0 amide bonds. The molecule has 0 bridgehead atoms. The first-order valence-electron chi connectivity index (χ1n) is 6.66. The van der Waals surface area contributed by atoms with Crippen LogP contribution in [0.2, 0.25) is 0 Å². The zero-order chi connectivity index (χ0) is 12.5. The molecule has 1 saturated carbocycles. The molecule has 18 heavy (non-hydrogen) atoms. The quantitative estimate of drug-likeness (QED) is 0.823. The minimum absolute atomic E-state index is 0.0760. The molecule has 1 saturated heterocycles. The van der Waals surface area contributed by atoms with E-state index in [1.165, 1.54) is 12.8 Å². The standard InChI is InChI=1S/C12H20N4O2/c1-7(13-2)11-15-16-12(18-11)14-9-5-6-17-10(9)8-3-4-8/h7-10,13H,3-6H2,1-2H3,(H,14,16). The fourth-order valence-corrected chi connectivity index (χ4v) is 2.41. The van der Waals surface area contributed by atoms with Crippen LogP contribution in [0.3, 0.4) is 0 Å². The summed E-state index contributed by atoms with van der Waals surface area (Å²) >= 11 is 0. The molecule has 3 atom stereocenters. The van der Waals surface area contributed by atoms with Crippen LogP contribution in [0.1, 0.15) is 38.1 Å². The van der Waals surface area contributed by atoms with Gasteiger partial charge in [-0.1, -0.05) is 5.10 Å². The van der Waals surface area contributed by atoms with Gasteiger partial charge in [0.15, 0.2) is 0 Å². The van der Waals surface area contributed by atoms with E-state index >= 15 is 0 Å². The maximum atomic E-state index is 5.77. The second kappa shape index (κ2) is 4.85. The van der Waals surface area contributed by atoms with Crippen molar-refractivity contribution in [2.45, 2.75) is 44.4 Å². The molecule has 2 N–H and O–H groups in total. The van der Waals surface area contributed by atoms with E-state index in [2.05, 4.69) is 20.8 Å². The Hall–Kier alpha value is -1.14. The van der Waals surface area contributed by atoms with Gasteiger partial charge in [0.05, 0.1) is 18.2 Å². The molecule has 6 heteroatoms. The van der Waals surface area contributed by atoms with Crippen LogP contribution in [0.5, 0.6) is 0 Å². The van der Waals surface area contributed by atoms with Gasteiger partial charge in [-0.15, -0.1) is 5.10 Å². The summed E-state index contributed by atoms with van der Waals surface area (Å²) in [6.07, 6.45) is 3.91. The second-order valence-electron chi connectivity index (χ2n) is 5.17. The first-order chi connectivity index (χ1) is 8.78. The van der Waals surface area contributed by atoms with Crippen molar-refractivity contribution in [3.63, 3.8) is 0 Å². The molecule has 0 spiro atoms. The first-order valence-corrected chi connectivity index (χ1v) is 6.66. The molecule has 100 valence electrons. The van der Waals surface area contributed by atoms with Crippen LogP contribution >= 0.6 is 0 Å². The van der Waals surface area contributed by atoms with Gasteiger partial charge < -0.3 is 19.8 Å². The van der Waals surface area contributed by atoms with Crippen molar-refractivity contribution in [2.75, 3.05) is 19.0 Å². The predicted molar refractivity (Wildman–Crippen MR) is 66.3 cm³/mol. The average Bonchev–Trinajstić information content (AvgIpc) is 2.95. The Bertz CT molecular complexity index is 405. The van der Waals surface area contributed by atoms with Gasteiger partial charge in [-0.2, -0.15) is 0 Å². The summed E-state index contributed by atoms with van der Waals surface area (Å²) in [6.45, 7) is 2.82. The Balaban J connectivity index is 1.63. The zero-order valence-corrected chi connectivity index (χ0v) is 10.8. The lowest BCUT2D eigenvalue weighted by Crippen LogP contribution is -2.31. The molecule has 2 fully saturated rings. The molecule has 0 aromatic carbocycles. The van der Waals surface area contributed by atoms with E-state index in [0.717, 1.165) is 18.9 Å². The number of hydrogen-bond acceptors (Lipinski definition) is 6. The highest BCUT2D eigenvalue weighted by molar-refractivity contribution is 5.22. The minimum Gasteiger partial charge on any atom is -0.406 e. The fourth-order valence-electron chi connectivity index (χ4n) is 2.41. The summed E-state index contributed by atoms with van der Waals surface area (Å²) in [5.41, 5.74) is 0. The Morgan fingerprint density at radius 3 is 2.83 bits per heavy atom. The topological polar surface area (TPSA) is 72.2 Å². The lowest BCUT2D eigenvalue weighted by molar-refractivity contribution is 0.0895. The van der Waals surface area contributed by atoms with Crippen molar-refractivity contribution in [1.82, 2.24) is 15.5 Å². The minimum atomic E-state index is 0.0760.